The highest BCUT2D eigenvalue weighted by molar-refractivity contribution is 5.92. The Kier molecular flexibility index (Phi) is 4.47. The number of nitrogens with zero attached hydrogens (tertiary/aromatic N) is 2. The molecule has 0 aliphatic heterocycles. The summed E-state index contributed by atoms with van der Waals surface area (Å²) in [6.45, 7) is 10.5. The Morgan fingerprint density at radius 3 is 1.50 bits per heavy atom. The number of hydrogen-bond donors (Lipinski definition) is 0. The summed E-state index contributed by atoms with van der Waals surface area (Å²) < 4.78 is 10.4. The molecule has 6 heteroatoms. The van der Waals surface area contributed by atoms with E-state index in [2.05, 4.69) is 9.97 Å². The molecule has 110 valence electrons. The van der Waals surface area contributed by atoms with Crippen molar-refractivity contribution >= 4 is 11.9 Å². The van der Waals surface area contributed by atoms with Crippen molar-refractivity contribution in [1.82, 2.24) is 9.97 Å². The Labute approximate surface area is 118 Å². The molecule has 0 radical (unpaired) electrons. The minimum atomic E-state index is -0.631. The number of esters is 2. The number of aromatic nitrogens is 2. The molecule has 0 saturated carbocycles. The number of rotatable bonds is 2. The van der Waals surface area contributed by atoms with Gasteiger partial charge in [-0.15, -0.1) is 0 Å². The van der Waals surface area contributed by atoms with Gasteiger partial charge in [-0.25, -0.2) is 19.6 Å². The molecule has 0 bridgehead atoms. The molecule has 1 rings (SSSR count). The maximum atomic E-state index is 11.9. The number of ether oxygens (including phenoxy) is 2. The van der Waals surface area contributed by atoms with E-state index < -0.39 is 23.1 Å². The molecule has 0 fully saturated rings. The van der Waals surface area contributed by atoms with Crippen LogP contribution in [-0.2, 0) is 9.47 Å². The van der Waals surface area contributed by atoms with Crippen LogP contribution in [-0.4, -0.2) is 33.1 Å². The van der Waals surface area contributed by atoms with Crippen molar-refractivity contribution in [3.05, 3.63) is 23.8 Å². The van der Waals surface area contributed by atoms with Gasteiger partial charge in [-0.05, 0) is 41.5 Å². The lowest BCUT2D eigenvalue weighted by Gasteiger charge is -2.20. The summed E-state index contributed by atoms with van der Waals surface area (Å²) in [5.41, 5.74) is -1.21. The molecule has 6 nitrogen and oxygen atoms in total. The third kappa shape index (κ3) is 5.34. The fourth-order valence-electron chi connectivity index (χ4n) is 1.24. The lowest BCUT2D eigenvalue weighted by molar-refractivity contribution is 0.00622. The summed E-state index contributed by atoms with van der Waals surface area (Å²) in [5, 5.41) is 0. The van der Waals surface area contributed by atoms with E-state index in [1.165, 1.54) is 6.07 Å². The second-order valence-electron chi connectivity index (χ2n) is 6.29. The number of hydrogen-bond acceptors (Lipinski definition) is 6. The van der Waals surface area contributed by atoms with E-state index in [-0.39, 0.29) is 11.4 Å². The molecule has 1 heterocycles. The van der Waals surface area contributed by atoms with Crippen LogP contribution in [0.4, 0.5) is 0 Å². The van der Waals surface area contributed by atoms with E-state index in [4.69, 9.17) is 9.47 Å². The summed E-state index contributed by atoms with van der Waals surface area (Å²) in [4.78, 5) is 31.3. The van der Waals surface area contributed by atoms with Crippen molar-refractivity contribution in [3.63, 3.8) is 0 Å². The molecule has 0 atom stereocenters. The maximum Gasteiger partial charge on any atom is 0.357 e. The first-order valence-corrected chi connectivity index (χ1v) is 6.27. The smallest absolute Gasteiger partial charge is 0.357 e. The Hall–Kier alpha value is -1.98. The van der Waals surface area contributed by atoms with Gasteiger partial charge in [0.2, 0.25) is 0 Å². The van der Waals surface area contributed by atoms with Crippen LogP contribution in [0.5, 0.6) is 0 Å². The first-order chi connectivity index (χ1) is 8.98. The summed E-state index contributed by atoms with van der Waals surface area (Å²) in [6.07, 6.45) is 1.14. The molecule has 0 aromatic carbocycles. The van der Waals surface area contributed by atoms with Crippen LogP contribution in [0.15, 0.2) is 12.4 Å². The van der Waals surface area contributed by atoms with E-state index >= 15 is 0 Å². The van der Waals surface area contributed by atoms with E-state index in [0.717, 1.165) is 6.33 Å². The van der Waals surface area contributed by atoms with Gasteiger partial charge in [-0.3, -0.25) is 0 Å². The lowest BCUT2D eigenvalue weighted by Crippen LogP contribution is -2.26. The molecule has 1 aromatic heterocycles. The molecule has 0 saturated heterocycles. The van der Waals surface area contributed by atoms with Crippen molar-refractivity contribution in [3.8, 4) is 0 Å². The van der Waals surface area contributed by atoms with Gasteiger partial charge in [-0.1, -0.05) is 0 Å². The molecule has 0 aliphatic rings. The quantitative estimate of drug-likeness (QED) is 0.774. The first kappa shape index (κ1) is 16.1. The highest BCUT2D eigenvalue weighted by Gasteiger charge is 2.23. The van der Waals surface area contributed by atoms with Crippen LogP contribution in [0.25, 0.3) is 0 Å². The molecule has 0 N–H and O–H groups in total. The molecular weight excluding hydrogens is 260 g/mol. The molecule has 0 amide bonds. The first-order valence-electron chi connectivity index (χ1n) is 6.27. The van der Waals surface area contributed by atoms with Gasteiger partial charge in [0.15, 0.2) is 11.4 Å². The van der Waals surface area contributed by atoms with Crippen molar-refractivity contribution < 1.29 is 19.1 Å². The van der Waals surface area contributed by atoms with Gasteiger partial charge in [0.1, 0.15) is 17.5 Å². The second-order valence-corrected chi connectivity index (χ2v) is 6.29. The fraction of sp³-hybridized carbons (Fsp3) is 0.571. The van der Waals surface area contributed by atoms with E-state index in [1.807, 2.05) is 0 Å². The lowest BCUT2D eigenvalue weighted by atomic mass is 10.2. The molecule has 20 heavy (non-hydrogen) atoms. The zero-order valence-electron chi connectivity index (χ0n) is 12.7. The van der Waals surface area contributed by atoms with E-state index in [0.29, 0.717) is 0 Å². The van der Waals surface area contributed by atoms with Crippen LogP contribution < -0.4 is 0 Å². The van der Waals surface area contributed by atoms with Crippen molar-refractivity contribution in [2.45, 2.75) is 52.7 Å². The second kappa shape index (κ2) is 5.56. The molecule has 0 spiro atoms. The highest BCUT2D eigenvalue weighted by Crippen LogP contribution is 2.13. The SMILES string of the molecule is CC(C)(C)OC(=O)c1cc(C(=O)OC(C)(C)C)ncn1. The summed E-state index contributed by atoms with van der Waals surface area (Å²) in [6, 6.07) is 1.27. The van der Waals surface area contributed by atoms with Gasteiger partial charge in [0.25, 0.3) is 0 Å². The fourth-order valence-corrected chi connectivity index (χ4v) is 1.24. The minimum absolute atomic E-state index is 0.0239. The summed E-state index contributed by atoms with van der Waals surface area (Å²) >= 11 is 0. The van der Waals surface area contributed by atoms with Crippen molar-refractivity contribution in [2.24, 2.45) is 0 Å². The Morgan fingerprint density at radius 1 is 0.850 bits per heavy atom. The van der Waals surface area contributed by atoms with Crippen LogP contribution in [0.2, 0.25) is 0 Å². The van der Waals surface area contributed by atoms with Gasteiger partial charge in [0, 0.05) is 6.07 Å². The molecule has 0 aliphatic carbocycles. The van der Waals surface area contributed by atoms with Crippen LogP contribution in [0, 0.1) is 0 Å². The molecular formula is C14H20N2O4. The van der Waals surface area contributed by atoms with Crippen molar-refractivity contribution in [1.29, 1.82) is 0 Å². The maximum absolute atomic E-state index is 11.9. The number of carbonyl (C=O) groups is 2. The van der Waals surface area contributed by atoms with E-state index in [9.17, 15) is 9.59 Å². The van der Waals surface area contributed by atoms with E-state index in [1.54, 1.807) is 41.5 Å². The molecule has 0 unspecified atom stereocenters. The third-order valence-corrected chi connectivity index (χ3v) is 1.88. The van der Waals surface area contributed by atoms with Gasteiger partial charge >= 0.3 is 11.9 Å². The van der Waals surface area contributed by atoms with Crippen molar-refractivity contribution in [2.75, 3.05) is 0 Å². The topological polar surface area (TPSA) is 78.4 Å². The zero-order valence-corrected chi connectivity index (χ0v) is 12.7. The molecule has 1 aromatic rings. The summed E-state index contributed by atoms with van der Waals surface area (Å²) in [5.74, 6) is -1.21. The minimum Gasteiger partial charge on any atom is -0.455 e. The van der Waals surface area contributed by atoms with Crippen LogP contribution in [0.3, 0.4) is 0 Å². The third-order valence-electron chi connectivity index (χ3n) is 1.88. The predicted octanol–water partition coefficient (Wildman–Crippen LogP) is 2.39. The Balaban J connectivity index is 2.91. The highest BCUT2D eigenvalue weighted by atomic mass is 16.6. The predicted molar refractivity (Wildman–Crippen MR) is 72.4 cm³/mol. The summed E-state index contributed by atoms with van der Waals surface area (Å²) in [7, 11) is 0. The average molecular weight is 280 g/mol. The largest absolute Gasteiger partial charge is 0.455 e. The normalized spacial score (nSPS) is 11.9. The van der Waals surface area contributed by atoms with Gasteiger partial charge in [-0.2, -0.15) is 0 Å². The standard InChI is InChI=1S/C14H20N2O4/c1-13(2,3)19-11(17)9-7-10(16-8-15-9)12(18)20-14(4,5)6/h7-8H,1-6H3. The Bertz CT molecular complexity index is 469. The zero-order chi connectivity index (χ0) is 15.6. The van der Waals surface area contributed by atoms with Crippen LogP contribution in [0.1, 0.15) is 62.5 Å². The Morgan fingerprint density at radius 2 is 1.20 bits per heavy atom. The van der Waals surface area contributed by atoms with Gasteiger partial charge < -0.3 is 9.47 Å². The van der Waals surface area contributed by atoms with Gasteiger partial charge in [0.05, 0.1) is 0 Å². The monoisotopic (exact) mass is 280 g/mol. The average Bonchev–Trinajstić information content (AvgIpc) is 2.24. The number of carbonyl (C=O) groups excluding carboxylic acids is 2. The van der Waals surface area contributed by atoms with Crippen LogP contribution >= 0.6 is 0 Å².